The van der Waals surface area contributed by atoms with Gasteiger partial charge in [-0.25, -0.2) is 14.8 Å². The second-order valence-corrected chi connectivity index (χ2v) is 7.67. The van der Waals surface area contributed by atoms with Crippen molar-refractivity contribution in [3.8, 4) is 0 Å². The van der Waals surface area contributed by atoms with Crippen LogP contribution in [0, 0.1) is 6.92 Å². The van der Waals surface area contributed by atoms with Crippen LogP contribution in [-0.2, 0) is 18.3 Å². The number of nitrogens with zero attached hydrogens (tertiary/aromatic N) is 6. The summed E-state index contributed by atoms with van der Waals surface area (Å²) in [6.45, 7) is 8.89. The van der Waals surface area contributed by atoms with E-state index in [-0.39, 0.29) is 5.97 Å². The van der Waals surface area contributed by atoms with Crippen LogP contribution in [0.15, 0.2) is 30.6 Å². The van der Waals surface area contributed by atoms with E-state index in [0.29, 0.717) is 12.2 Å². The topological polar surface area (TPSA) is 76.4 Å². The van der Waals surface area contributed by atoms with Gasteiger partial charge in [-0.2, -0.15) is 5.10 Å². The van der Waals surface area contributed by atoms with Crippen molar-refractivity contribution in [2.75, 3.05) is 37.7 Å². The predicted octanol–water partition coefficient (Wildman–Crippen LogP) is 2.56. The molecule has 4 heterocycles. The van der Waals surface area contributed by atoms with Gasteiger partial charge in [0.05, 0.1) is 17.9 Å². The number of carbonyl (C=O) groups excluding carboxylic acids is 1. The van der Waals surface area contributed by atoms with Crippen molar-refractivity contribution in [2.45, 2.75) is 26.8 Å². The summed E-state index contributed by atoms with van der Waals surface area (Å²) in [6, 6.07) is 5.91. The van der Waals surface area contributed by atoms with Crippen molar-refractivity contribution in [3.05, 3.63) is 47.4 Å². The highest BCUT2D eigenvalue weighted by Crippen LogP contribution is 2.19. The van der Waals surface area contributed by atoms with Crippen molar-refractivity contribution >= 4 is 22.8 Å². The van der Waals surface area contributed by atoms with Gasteiger partial charge in [0.1, 0.15) is 5.82 Å². The Kier molecular flexibility index (Phi) is 5.94. The Bertz CT molecular complexity index is 1030. The van der Waals surface area contributed by atoms with Gasteiger partial charge in [-0.05, 0) is 44.0 Å². The van der Waals surface area contributed by atoms with Crippen molar-refractivity contribution < 1.29 is 9.53 Å². The molecule has 8 heteroatoms. The van der Waals surface area contributed by atoms with Crippen molar-refractivity contribution in [1.82, 2.24) is 24.6 Å². The third-order valence-corrected chi connectivity index (χ3v) is 5.50. The summed E-state index contributed by atoms with van der Waals surface area (Å²) >= 11 is 0. The molecule has 1 saturated heterocycles. The maximum Gasteiger partial charge on any atom is 0.339 e. The minimum Gasteiger partial charge on any atom is -0.462 e. The van der Waals surface area contributed by atoms with Gasteiger partial charge in [-0.1, -0.05) is 0 Å². The van der Waals surface area contributed by atoms with Crippen LogP contribution in [0.2, 0.25) is 0 Å². The van der Waals surface area contributed by atoms with Gasteiger partial charge in [0.2, 0.25) is 0 Å². The predicted molar refractivity (Wildman–Crippen MR) is 116 cm³/mol. The summed E-state index contributed by atoms with van der Waals surface area (Å²) in [7, 11) is 1.93. The fourth-order valence-corrected chi connectivity index (χ4v) is 3.96. The number of hydrogen-bond acceptors (Lipinski definition) is 7. The molecule has 0 bridgehead atoms. The van der Waals surface area contributed by atoms with E-state index >= 15 is 0 Å². The molecule has 1 fully saturated rings. The molecule has 1 aliphatic heterocycles. The zero-order valence-electron chi connectivity index (χ0n) is 17.8. The molecule has 0 radical (unpaired) electrons. The van der Waals surface area contributed by atoms with E-state index in [1.807, 2.05) is 30.9 Å². The molecule has 0 amide bonds. The Morgan fingerprint density at radius 2 is 2.00 bits per heavy atom. The number of hydrogen-bond donors (Lipinski definition) is 0. The zero-order valence-corrected chi connectivity index (χ0v) is 17.8. The molecule has 0 atom stereocenters. The molecule has 0 spiro atoms. The largest absolute Gasteiger partial charge is 0.462 e. The van der Waals surface area contributed by atoms with Crippen LogP contribution in [0.25, 0.3) is 11.0 Å². The average molecular weight is 409 g/mol. The molecule has 8 nitrogen and oxygen atoms in total. The molecule has 0 aromatic carbocycles. The number of aryl methyl sites for hydroxylation is 2. The van der Waals surface area contributed by atoms with E-state index in [0.717, 1.165) is 61.7 Å². The summed E-state index contributed by atoms with van der Waals surface area (Å²) in [4.78, 5) is 25.6. The lowest BCUT2D eigenvalue weighted by Crippen LogP contribution is -2.31. The minimum atomic E-state index is -0.326. The normalized spacial score (nSPS) is 15.4. The molecule has 4 rings (SSSR count). The SMILES string of the molecule is CCOC(=O)c1ccc(N2CCCN(Cc3cnc4c(c3)c(C)nn4C)CC2)nc1. The summed E-state index contributed by atoms with van der Waals surface area (Å²) in [5.74, 6) is 0.576. The number of aromatic nitrogens is 4. The molecule has 0 N–H and O–H groups in total. The third kappa shape index (κ3) is 4.28. The molecule has 0 unspecified atom stereocenters. The Hall–Kier alpha value is -3.00. The van der Waals surface area contributed by atoms with Gasteiger partial charge in [-0.3, -0.25) is 9.58 Å². The quantitative estimate of drug-likeness (QED) is 0.601. The minimum absolute atomic E-state index is 0.326. The van der Waals surface area contributed by atoms with Crippen molar-refractivity contribution in [2.24, 2.45) is 7.05 Å². The molecule has 3 aromatic rings. The first-order valence-corrected chi connectivity index (χ1v) is 10.4. The Morgan fingerprint density at radius 3 is 2.77 bits per heavy atom. The second-order valence-electron chi connectivity index (χ2n) is 7.67. The molecular weight excluding hydrogens is 380 g/mol. The average Bonchev–Trinajstić information content (AvgIpc) is 2.91. The number of pyridine rings is 2. The lowest BCUT2D eigenvalue weighted by Gasteiger charge is -2.23. The van der Waals surface area contributed by atoms with Gasteiger partial charge in [0.25, 0.3) is 0 Å². The maximum atomic E-state index is 11.8. The number of fused-ring (bicyclic) bond motifs is 1. The number of esters is 1. The molecule has 30 heavy (non-hydrogen) atoms. The first kappa shape index (κ1) is 20.3. The lowest BCUT2D eigenvalue weighted by atomic mass is 10.2. The van der Waals surface area contributed by atoms with E-state index in [2.05, 4.69) is 30.9 Å². The first-order valence-electron chi connectivity index (χ1n) is 10.4. The molecule has 3 aromatic heterocycles. The van der Waals surface area contributed by atoms with Crippen LogP contribution < -0.4 is 4.90 Å². The fourth-order valence-electron chi connectivity index (χ4n) is 3.96. The van der Waals surface area contributed by atoms with Crippen LogP contribution in [0.1, 0.15) is 35.0 Å². The van der Waals surface area contributed by atoms with Gasteiger partial charge in [0.15, 0.2) is 5.65 Å². The molecule has 158 valence electrons. The summed E-state index contributed by atoms with van der Waals surface area (Å²) < 4.78 is 6.86. The summed E-state index contributed by atoms with van der Waals surface area (Å²) in [5, 5.41) is 5.58. The molecule has 1 aliphatic rings. The number of ether oxygens (including phenoxy) is 1. The van der Waals surface area contributed by atoms with Gasteiger partial charge in [0, 0.05) is 57.6 Å². The summed E-state index contributed by atoms with van der Waals surface area (Å²) in [5.41, 5.74) is 3.64. The molecular formula is C22H28N6O2. The number of carbonyl (C=O) groups is 1. The smallest absolute Gasteiger partial charge is 0.339 e. The Balaban J connectivity index is 1.39. The van der Waals surface area contributed by atoms with E-state index < -0.39 is 0 Å². The van der Waals surface area contributed by atoms with Crippen molar-refractivity contribution in [1.29, 1.82) is 0 Å². The first-order chi connectivity index (χ1) is 14.5. The van der Waals surface area contributed by atoms with Crippen LogP contribution in [0.5, 0.6) is 0 Å². The van der Waals surface area contributed by atoms with E-state index in [4.69, 9.17) is 4.74 Å². The maximum absolute atomic E-state index is 11.8. The molecule has 0 aliphatic carbocycles. The highest BCUT2D eigenvalue weighted by molar-refractivity contribution is 5.89. The molecule has 0 saturated carbocycles. The van der Waals surface area contributed by atoms with Crippen LogP contribution in [0.3, 0.4) is 0 Å². The van der Waals surface area contributed by atoms with Crippen LogP contribution in [-0.4, -0.2) is 63.4 Å². The second kappa shape index (κ2) is 8.79. The highest BCUT2D eigenvalue weighted by atomic mass is 16.5. The van der Waals surface area contributed by atoms with Gasteiger partial charge in [-0.15, -0.1) is 0 Å². The van der Waals surface area contributed by atoms with Gasteiger partial charge < -0.3 is 9.64 Å². The summed E-state index contributed by atoms with van der Waals surface area (Å²) in [6.07, 6.45) is 4.62. The number of anilines is 1. The number of rotatable bonds is 5. The van der Waals surface area contributed by atoms with Crippen LogP contribution >= 0.6 is 0 Å². The third-order valence-electron chi connectivity index (χ3n) is 5.50. The van der Waals surface area contributed by atoms with Crippen LogP contribution in [0.4, 0.5) is 5.82 Å². The Labute approximate surface area is 176 Å². The highest BCUT2D eigenvalue weighted by Gasteiger charge is 2.18. The zero-order chi connectivity index (χ0) is 21.1. The monoisotopic (exact) mass is 408 g/mol. The van der Waals surface area contributed by atoms with Gasteiger partial charge >= 0.3 is 5.97 Å². The fraction of sp³-hybridized carbons (Fsp3) is 0.455. The van der Waals surface area contributed by atoms with E-state index in [1.165, 1.54) is 5.56 Å². The van der Waals surface area contributed by atoms with E-state index in [9.17, 15) is 4.79 Å². The standard InChI is InChI=1S/C22H28N6O2/c1-4-30-22(29)18-6-7-20(23-14-18)28-9-5-8-27(10-11-28)15-17-12-19-16(2)25-26(3)21(19)24-13-17/h6-7,12-14H,4-5,8-11,15H2,1-3H3. The lowest BCUT2D eigenvalue weighted by molar-refractivity contribution is 0.0526. The van der Waals surface area contributed by atoms with E-state index in [1.54, 1.807) is 19.2 Å². The van der Waals surface area contributed by atoms with Crippen molar-refractivity contribution in [3.63, 3.8) is 0 Å². The Morgan fingerprint density at radius 1 is 1.13 bits per heavy atom.